The average Bonchev–Trinajstić information content (AvgIpc) is 2.93. The van der Waals surface area contributed by atoms with E-state index in [0.717, 1.165) is 30.1 Å². The third-order valence-electron chi connectivity index (χ3n) is 3.33. The summed E-state index contributed by atoms with van der Waals surface area (Å²) in [6.07, 6.45) is 2.87. The molecule has 2 heterocycles. The minimum atomic E-state index is 0.562. The van der Waals surface area contributed by atoms with E-state index in [4.69, 9.17) is 21.1 Å². The summed E-state index contributed by atoms with van der Waals surface area (Å²) in [7, 11) is 0. The summed E-state index contributed by atoms with van der Waals surface area (Å²) in [4.78, 5) is 0. The maximum absolute atomic E-state index is 6.28. The molecule has 0 aliphatic carbocycles. The number of nitrogens with one attached hydrogen (secondary N) is 1. The molecule has 0 saturated carbocycles. The van der Waals surface area contributed by atoms with Crippen LogP contribution in [0, 0.1) is 0 Å². The van der Waals surface area contributed by atoms with Gasteiger partial charge in [0.2, 0.25) is 0 Å². The Morgan fingerprint density at radius 1 is 1.29 bits per heavy atom. The summed E-state index contributed by atoms with van der Waals surface area (Å²) in [5, 5.41) is 8.27. The van der Waals surface area contributed by atoms with Gasteiger partial charge in [-0.15, -0.1) is 0 Å². The number of halogens is 1. The van der Waals surface area contributed by atoms with Crippen LogP contribution in [0.5, 0.6) is 11.5 Å². The summed E-state index contributed by atoms with van der Waals surface area (Å²) in [5.41, 5.74) is 1.97. The fourth-order valence-corrected chi connectivity index (χ4v) is 2.53. The van der Waals surface area contributed by atoms with Gasteiger partial charge in [-0.3, -0.25) is 4.68 Å². The predicted molar refractivity (Wildman–Crippen MR) is 82.3 cm³/mol. The van der Waals surface area contributed by atoms with Crippen molar-refractivity contribution in [1.82, 2.24) is 9.78 Å². The Kier molecular flexibility index (Phi) is 4.20. The van der Waals surface area contributed by atoms with E-state index in [0.29, 0.717) is 30.5 Å². The molecular weight excluding hydrogens is 290 g/mol. The van der Waals surface area contributed by atoms with Crippen molar-refractivity contribution in [3.05, 3.63) is 35.1 Å². The van der Waals surface area contributed by atoms with Gasteiger partial charge >= 0.3 is 0 Å². The largest absolute Gasteiger partial charge is 0.486 e. The van der Waals surface area contributed by atoms with Crippen LogP contribution in [0.4, 0.5) is 5.69 Å². The third-order valence-corrected chi connectivity index (χ3v) is 3.64. The standard InChI is InChI=1S/C15H18ClN3O2/c1-2-5-19-11(3-4-18-19)10-17-13-9-15-14(8-12(13)16)20-6-7-21-15/h3-4,8-9,17H,2,5-7,10H2,1H3. The first-order valence-corrected chi connectivity index (χ1v) is 7.49. The number of aryl methyl sites for hydroxylation is 1. The Balaban J connectivity index is 1.74. The second-order valence-electron chi connectivity index (χ2n) is 4.87. The van der Waals surface area contributed by atoms with Crippen LogP contribution in [0.2, 0.25) is 5.02 Å². The molecule has 3 rings (SSSR count). The maximum atomic E-state index is 6.28. The Morgan fingerprint density at radius 3 is 2.81 bits per heavy atom. The third kappa shape index (κ3) is 3.08. The van der Waals surface area contributed by atoms with Crippen LogP contribution in [0.15, 0.2) is 24.4 Å². The number of hydrogen-bond donors (Lipinski definition) is 1. The minimum Gasteiger partial charge on any atom is -0.486 e. The van der Waals surface area contributed by atoms with E-state index in [1.54, 1.807) is 6.07 Å². The van der Waals surface area contributed by atoms with Gasteiger partial charge in [-0.25, -0.2) is 0 Å². The van der Waals surface area contributed by atoms with Crippen LogP contribution in [-0.2, 0) is 13.1 Å². The number of aromatic nitrogens is 2. The molecular formula is C15H18ClN3O2. The van der Waals surface area contributed by atoms with Gasteiger partial charge in [0.25, 0.3) is 0 Å². The molecule has 0 bridgehead atoms. The van der Waals surface area contributed by atoms with Gasteiger partial charge in [-0.2, -0.15) is 5.10 Å². The van der Waals surface area contributed by atoms with Crippen LogP contribution in [0.3, 0.4) is 0 Å². The fraction of sp³-hybridized carbons (Fsp3) is 0.400. The van der Waals surface area contributed by atoms with Crippen LogP contribution in [-0.4, -0.2) is 23.0 Å². The zero-order chi connectivity index (χ0) is 14.7. The number of rotatable bonds is 5. The van der Waals surface area contributed by atoms with Gasteiger partial charge in [-0.05, 0) is 12.5 Å². The summed E-state index contributed by atoms with van der Waals surface area (Å²) in [6, 6.07) is 5.69. The zero-order valence-corrected chi connectivity index (χ0v) is 12.7. The predicted octanol–water partition coefficient (Wildman–Crippen LogP) is 3.33. The van der Waals surface area contributed by atoms with Gasteiger partial charge in [0.1, 0.15) is 13.2 Å². The first-order valence-electron chi connectivity index (χ1n) is 7.11. The zero-order valence-electron chi connectivity index (χ0n) is 11.9. The number of fused-ring (bicyclic) bond motifs is 1. The van der Waals surface area contributed by atoms with Crippen LogP contribution in [0.1, 0.15) is 19.0 Å². The Hall–Kier alpha value is -1.88. The van der Waals surface area contributed by atoms with Crippen molar-refractivity contribution in [2.45, 2.75) is 26.4 Å². The molecule has 112 valence electrons. The lowest BCUT2D eigenvalue weighted by Gasteiger charge is -2.20. The highest BCUT2D eigenvalue weighted by molar-refractivity contribution is 6.33. The van der Waals surface area contributed by atoms with Crippen LogP contribution in [0.25, 0.3) is 0 Å². The van der Waals surface area contributed by atoms with Crippen molar-refractivity contribution < 1.29 is 9.47 Å². The van der Waals surface area contributed by atoms with Gasteiger partial charge in [0, 0.05) is 24.9 Å². The summed E-state index contributed by atoms with van der Waals surface area (Å²) < 4.78 is 13.1. The SMILES string of the molecule is CCCn1nccc1CNc1cc2c(cc1Cl)OCCO2. The van der Waals surface area contributed by atoms with E-state index in [1.165, 1.54) is 0 Å². The van der Waals surface area contributed by atoms with E-state index in [2.05, 4.69) is 17.3 Å². The van der Waals surface area contributed by atoms with E-state index in [9.17, 15) is 0 Å². The molecule has 1 aliphatic rings. The molecule has 0 amide bonds. The molecule has 0 saturated heterocycles. The fourth-order valence-electron chi connectivity index (χ4n) is 2.31. The monoisotopic (exact) mass is 307 g/mol. The summed E-state index contributed by atoms with van der Waals surface area (Å²) in [6.45, 7) is 4.85. The highest BCUT2D eigenvalue weighted by atomic mass is 35.5. The molecule has 2 aromatic rings. The molecule has 1 N–H and O–H groups in total. The number of ether oxygens (including phenoxy) is 2. The van der Waals surface area contributed by atoms with Crippen molar-refractivity contribution in [3.8, 4) is 11.5 Å². The van der Waals surface area contributed by atoms with Crippen molar-refractivity contribution in [2.24, 2.45) is 0 Å². The number of nitrogens with zero attached hydrogens (tertiary/aromatic N) is 2. The highest BCUT2D eigenvalue weighted by Gasteiger charge is 2.15. The van der Waals surface area contributed by atoms with Crippen molar-refractivity contribution in [2.75, 3.05) is 18.5 Å². The van der Waals surface area contributed by atoms with Crippen molar-refractivity contribution in [3.63, 3.8) is 0 Å². The van der Waals surface area contributed by atoms with Crippen LogP contribution < -0.4 is 14.8 Å². The first kappa shape index (κ1) is 14.1. The first-order chi connectivity index (χ1) is 10.3. The Bertz CT molecular complexity index is 627. The molecule has 5 nitrogen and oxygen atoms in total. The van der Waals surface area contributed by atoms with Gasteiger partial charge in [0.15, 0.2) is 11.5 Å². The average molecular weight is 308 g/mol. The maximum Gasteiger partial charge on any atom is 0.163 e. The van der Waals surface area contributed by atoms with E-state index in [-0.39, 0.29) is 0 Å². The summed E-state index contributed by atoms with van der Waals surface area (Å²) in [5.74, 6) is 1.43. The lowest BCUT2D eigenvalue weighted by molar-refractivity contribution is 0.171. The van der Waals surface area contributed by atoms with Crippen LogP contribution >= 0.6 is 11.6 Å². The van der Waals surface area contributed by atoms with E-state index in [1.807, 2.05) is 23.0 Å². The van der Waals surface area contributed by atoms with E-state index >= 15 is 0 Å². The van der Waals surface area contributed by atoms with E-state index < -0.39 is 0 Å². The number of benzene rings is 1. The lowest BCUT2D eigenvalue weighted by Crippen LogP contribution is -2.15. The molecule has 0 spiro atoms. The Morgan fingerprint density at radius 2 is 2.05 bits per heavy atom. The molecule has 1 aromatic heterocycles. The molecule has 0 unspecified atom stereocenters. The molecule has 0 atom stereocenters. The normalized spacial score (nSPS) is 13.2. The van der Waals surface area contributed by atoms with Crippen molar-refractivity contribution >= 4 is 17.3 Å². The second kappa shape index (κ2) is 6.26. The topological polar surface area (TPSA) is 48.3 Å². The van der Waals surface area contributed by atoms with Gasteiger partial charge in [-0.1, -0.05) is 18.5 Å². The molecule has 6 heteroatoms. The summed E-state index contributed by atoms with van der Waals surface area (Å²) >= 11 is 6.28. The van der Waals surface area contributed by atoms with Gasteiger partial charge in [0.05, 0.1) is 22.9 Å². The molecule has 1 aliphatic heterocycles. The van der Waals surface area contributed by atoms with Gasteiger partial charge < -0.3 is 14.8 Å². The lowest BCUT2D eigenvalue weighted by atomic mass is 10.2. The molecule has 1 aromatic carbocycles. The molecule has 0 radical (unpaired) electrons. The molecule has 21 heavy (non-hydrogen) atoms. The smallest absolute Gasteiger partial charge is 0.163 e. The second-order valence-corrected chi connectivity index (χ2v) is 5.28. The Labute approximate surface area is 128 Å². The minimum absolute atomic E-state index is 0.562. The quantitative estimate of drug-likeness (QED) is 0.920. The highest BCUT2D eigenvalue weighted by Crippen LogP contribution is 2.38. The number of anilines is 1. The van der Waals surface area contributed by atoms with Crippen molar-refractivity contribution in [1.29, 1.82) is 0 Å². The molecule has 0 fully saturated rings. The number of hydrogen-bond acceptors (Lipinski definition) is 4.